The molecule has 0 saturated heterocycles. The average Bonchev–Trinajstić information content (AvgIpc) is 2.95. The molecule has 0 fully saturated rings. The van der Waals surface area contributed by atoms with E-state index in [-0.39, 0.29) is 5.91 Å². The smallest absolute Gasteiger partial charge is 0.231 e. The third-order valence-corrected chi connectivity index (χ3v) is 5.22. The summed E-state index contributed by atoms with van der Waals surface area (Å²) < 4.78 is 0. The van der Waals surface area contributed by atoms with Gasteiger partial charge in [0.25, 0.3) is 0 Å². The minimum atomic E-state index is 0.255. The van der Waals surface area contributed by atoms with Crippen LogP contribution in [0.15, 0.2) is 48.5 Å². The molecule has 2 aromatic carbocycles. The lowest BCUT2D eigenvalue weighted by Crippen LogP contribution is -2.28. The fourth-order valence-electron chi connectivity index (χ4n) is 3.73. The van der Waals surface area contributed by atoms with Gasteiger partial charge in [0.05, 0.1) is 6.42 Å². The first-order valence-electron chi connectivity index (χ1n) is 9.83. The Kier molecular flexibility index (Phi) is 6.45. The minimum absolute atomic E-state index is 0.255. The van der Waals surface area contributed by atoms with E-state index in [9.17, 15) is 4.79 Å². The molecule has 0 aliphatic carbocycles. The second-order valence-electron chi connectivity index (χ2n) is 7.27. The van der Waals surface area contributed by atoms with Crippen molar-refractivity contribution in [1.82, 2.24) is 4.90 Å². The molecule has 1 aliphatic rings. The second kappa shape index (κ2) is 9.00. The molecule has 0 atom stereocenters. The molecule has 0 aromatic heterocycles. The van der Waals surface area contributed by atoms with Gasteiger partial charge in [-0.15, -0.1) is 0 Å². The van der Waals surface area contributed by atoms with Gasteiger partial charge in [-0.25, -0.2) is 0 Å². The van der Waals surface area contributed by atoms with Gasteiger partial charge < -0.3 is 4.90 Å². The van der Waals surface area contributed by atoms with Gasteiger partial charge in [0.15, 0.2) is 0 Å². The Hall–Kier alpha value is -2.13. The second-order valence-corrected chi connectivity index (χ2v) is 7.27. The standard InChI is InChI=1S/C23H30N2O/c1-3-24(18-20-10-6-4-7-11-20)14-8-5-9-15-25-22-13-12-19(2)16-21(22)17-23(25)26/h4,6-7,10-13,16H,3,5,8-9,14-15,17-18H2,1-2H3. The van der Waals surface area contributed by atoms with Crippen LogP contribution in [-0.4, -0.2) is 30.4 Å². The zero-order valence-electron chi connectivity index (χ0n) is 16.1. The van der Waals surface area contributed by atoms with Gasteiger partial charge in [0, 0.05) is 18.8 Å². The number of carbonyl (C=O) groups excluding carboxylic acids is 1. The van der Waals surface area contributed by atoms with Crippen molar-refractivity contribution in [3.8, 4) is 0 Å². The summed E-state index contributed by atoms with van der Waals surface area (Å²) in [5.74, 6) is 0.255. The van der Waals surface area contributed by atoms with Gasteiger partial charge in [-0.1, -0.05) is 61.4 Å². The molecule has 3 rings (SSSR count). The van der Waals surface area contributed by atoms with E-state index in [1.165, 1.54) is 23.1 Å². The van der Waals surface area contributed by atoms with Gasteiger partial charge >= 0.3 is 0 Å². The highest BCUT2D eigenvalue weighted by molar-refractivity contribution is 6.01. The number of hydrogen-bond acceptors (Lipinski definition) is 2. The number of amides is 1. The van der Waals surface area contributed by atoms with E-state index in [4.69, 9.17) is 0 Å². The Balaban J connectivity index is 1.41. The molecule has 3 nitrogen and oxygen atoms in total. The van der Waals surface area contributed by atoms with Crippen LogP contribution in [0.2, 0.25) is 0 Å². The van der Waals surface area contributed by atoms with E-state index in [1.54, 1.807) is 0 Å². The zero-order valence-corrected chi connectivity index (χ0v) is 16.1. The zero-order chi connectivity index (χ0) is 18.4. The molecule has 1 heterocycles. The molecule has 138 valence electrons. The first kappa shape index (κ1) is 18.7. The Labute approximate surface area is 157 Å². The Morgan fingerprint density at radius 1 is 1.04 bits per heavy atom. The summed E-state index contributed by atoms with van der Waals surface area (Å²) in [6, 6.07) is 17.0. The van der Waals surface area contributed by atoms with Crippen LogP contribution in [0.5, 0.6) is 0 Å². The average molecular weight is 351 g/mol. The van der Waals surface area contributed by atoms with Crippen LogP contribution in [0.3, 0.4) is 0 Å². The molecule has 0 saturated carbocycles. The van der Waals surface area contributed by atoms with E-state index < -0.39 is 0 Å². The number of hydrogen-bond donors (Lipinski definition) is 0. The van der Waals surface area contributed by atoms with Crippen molar-refractivity contribution in [2.45, 2.75) is 46.1 Å². The Morgan fingerprint density at radius 2 is 1.85 bits per heavy atom. The van der Waals surface area contributed by atoms with E-state index in [2.05, 4.69) is 67.3 Å². The lowest BCUT2D eigenvalue weighted by Gasteiger charge is -2.21. The van der Waals surface area contributed by atoms with E-state index >= 15 is 0 Å². The Bertz CT molecular complexity index is 726. The molecule has 3 heteroatoms. The fraction of sp³-hybridized carbons (Fsp3) is 0.435. The molecule has 0 bridgehead atoms. The van der Waals surface area contributed by atoms with Crippen LogP contribution in [0.4, 0.5) is 5.69 Å². The van der Waals surface area contributed by atoms with Crippen LogP contribution in [0.25, 0.3) is 0 Å². The molecule has 26 heavy (non-hydrogen) atoms. The quantitative estimate of drug-likeness (QED) is 0.618. The van der Waals surface area contributed by atoms with Crippen LogP contribution in [0.1, 0.15) is 42.9 Å². The number of anilines is 1. The van der Waals surface area contributed by atoms with Gasteiger partial charge in [0.1, 0.15) is 0 Å². The summed E-state index contributed by atoms with van der Waals surface area (Å²) in [6.45, 7) is 8.38. The van der Waals surface area contributed by atoms with Crippen molar-refractivity contribution in [2.75, 3.05) is 24.5 Å². The van der Waals surface area contributed by atoms with Crippen LogP contribution >= 0.6 is 0 Å². The highest BCUT2D eigenvalue weighted by Crippen LogP contribution is 2.29. The Morgan fingerprint density at radius 3 is 2.62 bits per heavy atom. The van der Waals surface area contributed by atoms with Gasteiger partial charge in [0.2, 0.25) is 5.91 Å². The first-order valence-corrected chi connectivity index (χ1v) is 9.83. The minimum Gasteiger partial charge on any atom is -0.312 e. The highest BCUT2D eigenvalue weighted by atomic mass is 16.2. The number of aryl methyl sites for hydroxylation is 1. The van der Waals surface area contributed by atoms with Crippen LogP contribution in [0, 0.1) is 6.92 Å². The number of rotatable bonds is 9. The van der Waals surface area contributed by atoms with Gasteiger partial charge in [-0.3, -0.25) is 9.69 Å². The number of carbonyl (C=O) groups is 1. The first-order chi connectivity index (χ1) is 12.7. The molecule has 0 N–H and O–H groups in total. The van der Waals surface area contributed by atoms with Crippen molar-refractivity contribution in [2.24, 2.45) is 0 Å². The lowest BCUT2D eigenvalue weighted by molar-refractivity contribution is -0.117. The van der Waals surface area contributed by atoms with Crippen LogP contribution in [-0.2, 0) is 17.8 Å². The normalized spacial score (nSPS) is 13.5. The third kappa shape index (κ3) is 4.73. The predicted molar refractivity (Wildman–Crippen MR) is 108 cm³/mol. The summed E-state index contributed by atoms with van der Waals surface area (Å²) >= 11 is 0. The predicted octanol–water partition coefficient (Wildman–Crippen LogP) is 4.58. The summed E-state index contributed by atoms with van der Waals surface area (Å²) in [7, 11) is 0. The molecule has 2 aromatic rings. The maximum atomic E-state index is 12.3. The SMILES string of the molecule is CCN(CCCCCN1C(=O)Cc2cc(C)ccc21)Cc1ccccc1. The van der Waals surface area contributed by atoms with Crippen molar-refractivity contribution in [3.63, 3.8) is 0 Å². The molecule has 1 amide bonds. The summed E-state index contributed by atoms with van der Waals surface area (Å²) in [5, 5.41) is 0. The fourth-order valence-corrected chi connectivity index (χ4v) is 3.73. The van der Waals surface area contributed by atoms with Gasteiger partial charge in [-0.05, 0) is 50.0 Å². The third-order valence-electron chi connectivity index (χ3n) is 5.22. The largest absolute Gasteiger partial charge is 0.312 e. The molecule has 0 spiro atoms. The van der Waals surface area contributed by atoms with E-state index in [0.717, 1.165) is 44.7 Å². The molecular weight excluding hydrogens is 320 g/mol. The monoisotopic (exact) mass is 350 g/mol. The van der Waals surface area contributed by atoms with E-state index in [1.807, 2.05) is 4.90 Å². The summed E-state index contributed by atoms with van der Waals surface area (Å²) in [4.78, 5) is 16.8. The number of nitrogens with zero attached hydrogens (tertiary/aromatic N) is 2. The number of benzene rings is 2. The van der Waals surface area contributed by atoms with Crippen LogP contribution < -0.4 is 4.90 Å². The molecular formula is C23H30N2O. The van der Waals surface area contributed by atoms with Crippen molar-refractivity contribution < 1.29 is 4.79 Å². The molecule has 1 aliphatic heterocycles. The summed E-state index contributed by atoms with van der Waals surface area (Å²) in [5.41, 5.74) is 4.93. The topological polar surface area (TPSA) is 23.6 Å². The molecule has 0 radical (unpaired) electrons. The van der Waals surface area contributed by atoms with Crippen molar-refractivity contribution >= 4 is 11.6 Å². The lowest BCUT2D eigenvalue weighted by atomic mass is 10.1. The van der Waals surface area contributed by atoms with Gasteiger partial charge in [-0.2, -0.15) is 0 Å². The summed E-state index contributed by atoms with van der Waals surface area (Å²) in [6.07, 6.45) is 3.99. The maximum Gasteiger partial charge on any atom is 0.231 e. The number of fused-ring (bicyclic) bond motifs is 1. The van der Waals surface area contributed by atoms with Crippen molar-refractivity contribution in [3.05, 3.63) is 65.2 Å². The van der Waals surface area contributed by atoms with E-state index in [0.29, 0.717) is 6.42 Å². The van der Waals surface area contributed by atoms with Crippen molar-refractivity contribution in [1.29, 1.82) is 0 Å². The molecule has 0 unspecified atom stereocenters. The number of unbranched alkanes of at least 4 members (excludes halogenated alkanes) is 2. The highest BCUT2D eigenvalue weighted by Gasteiger charge is 2.26. The maximum absolute atomic E-state index is 12.3.